The van der Waals surface area contributed by atoms with E-state index in [0.29, 0.717) is 30.7 Å². The Labute approximate surface area is 199 Å². The van der Waals surface area contributed by atoms with Crippen LogP contribution in [0.1, 0.15) is 35.2 Å². The average Bonchev–Trinajstić information content (AvgIpc) is 2.86. The van der Waals surface area contributed by atoms with Gasteiger partial charge in [0.2, 0.25) is 11.8 Å². The van der Waals surface area contributed by atoms with Gasteiger partial charge in [0.1, 0.15) is 11.8 Å². The van der Waals surface area contributed by atoms with Gasteiger partial charge in [-0.15, -0.1) is 0 Å². The first kappa shape index (κ1) is 26.4. The van der Waals surface area contributed by atoms with E-state index in [2.05, 4.69) is 20.7 Å². The molecule has 34 heavy (non-hydrogen) atoms. The van der Waals surface area contributed by atoms with Crippen molar-refractivity contribution in [3.63, 3.8) is 0 Å². The van der Waals surface area contributed by atoms with Crippen molar-refractivity contribution in [2.24, 2.45) is 0 Å². The molecule has 2 aromatic rings. The first-order valence-electron chi connectivity index (χ1n) is 11.0. The lowest BCUT2D eigenvalue weighted by Crippen LogP contribution is -2.48. The van der Waals surface area contributed by atoms with E-state index in [1.54, 1.807) is 31.4 Å². The molecule has 0 aromatic heterocycles. The van der Waals surface area contributed by atoms with Gasteiger partial charge in [0.05, 0.1) is 20.6 Å². The van der Waals surface area contributed by atoms with Gasteiger partial charge in [-0.05, 0) is 36.2 Å². The smallest absolute Gasteiger partial charge is 0.307 e. The van der Waals surface area contributed by atoms with E-state index in [1.165, 1.54) is 7.11 Å². The molecule has 182 valence electrons. The summed E-state index contributed by atoms with van der Waals surface area (Å²) in [5.74, 6) is -0.695. The van der Waals surface area contributed by atoms with Gasteiger partial charge >= 0.3 is 5.97 Å². The molecule has 0 saturated carbocycles. The number of rotatable bonds is 13. The van der Waals surface area contributed by atoms with E-state index < -0.39 is 12.0 Å². The number of amides is 3. The quantitative estimate of drug-likeness (QED) is 0.303. The Kier molecular flexibility index (Phi) is 11.1. The van der Waals surface area contributed by atoms with Crippen LogP contribution in [0, 0.1) is 0 Å². The topological polar surface area (TPSA) is 123 Å². The molecular weight excluding hydrogens is 438 g/mol. The molecular formula is C25H31N3O6. The van der Waals surface area contributed by atoms with Crippen LogP contribution in [0.25, 0.3) is 0 Å². The highest BCUT2D eigenvalue weighted by Gasteiger charge is 2.21. The minimum Gasteiger partial charge on any atom is -0.497 e. The van der Waals surface area contributed by atoms with E-state index in [-0.39, 0.29) is 37.1 Å². The van der Waals surface area contributed by atoms with Gasteiger partial charge in [-0.3, -0.25) is 19.2 Å². The summed E-state index contributed by atoms with van der Waals surface area (Å²) in [5.41, 5.74) is 1.39. The van der Waals surface area contributed by atoms with Crippen molar-refractivity contribution >= 4 is 23.7 Å². The second kappa shape index (κ2) is 14.3. The number of hydrogen-bond acceptors (Lipinski definition) is 6. The summed E-state index contributed by atoms with van der Waals surface area (Å²) in [7, 11) is 2.83. The van der Waals surface area contributed by atoms with Gasteiger partial charge in [-0.2, -0.15) is 0 Å². The summed E-state index contributed by atoms with van der Waals surface area (Å²) in [4.78, 5) is 48.6. The molecule has 0 spiro atoms. The van der Waals surface area contributed by atoms with Crippen LogP contribution in [0.3, 0.4) is 0 Å². The molecule has 0 heterocycles. The molecule has 3 N–H and O–H groups in total. The molecule has 0 unspecified atom stereocenters. The summed E-state index contributed by atoms with van der Waals surface area (Å²) in [6.45, 7) is 0.428. The number of carbonyl (C=O) groups is 4. The third-order valence-corrected chi connectivity index (χ3v) is 5.01. The van der Waals surface area contributed by atoms with Crippen LogP contribution < -0.4 is 20.7 Å². The van der Waals surface area contributed by atoms with Crippen LogP contribution in [0.5, 0.6) is 5.75 Å². The van der Waals surface area contributed by atoms with Crippen molar-refractivity contribution in [1.29, 1.82) is 0 Å². The number of ether oxygens (including phenoxy) is 2. The fourth-order valence-corrected chi connectivity index (χ4v) is 3.13. The van der Waals surface area contributed by atoms with Gasteiger partial charge in [-0.1, -0.05) is 30.3 Å². The third kappa shape index (κ3) is 9.32. The first-order chi connectivity index (χ1) is 16.4. The third-order valence-electron chi connectivity index (χ3n) is 5.01. The van der Waals surface area contributed by atoms with Crippen LogP contribution in [-0.4, -0.2) is 57.0 Å². The van der Waals surface area contributed by atoms with Gasteiger partial charge in [0, 0.05) is 31.5 Å². The zero-order valence-corrected chi connectivity index (χ0v) is 19.5. The zero-order valence-electron chi connectivity index (χ0n) is 19.5. The molecule has 0 bridgehead atoms. The Balaban J connectivity index is 1.82. The largest absolute Gasteiger partial charge is 0.497 e. The predicted octanol–water partition coefficient (Wildman–Crippen LogP) is 1.61. The Hall–Kier alpha value is -3.88. The second-order valence-electron chi connectivity index (χ2n) is 7.51. The Morgan fingerprint density at radius 1 is 0.853 bits per heavy atom. The van der Waals surface area contributed by atoms with E-state index >= 15 is 0 Å². The van der Waals surface area contributed by atoms with Crippen molar-refractivity contribution in [2.45, 2.75) is 31.7 Å². The molecule has 0 radical (unpaired) electrons. The summed E-state index contributed by atoms with van der Waals surface area (Å²) in [6.07, 6.45) is 0.909. The van der Waals surface area contributed by atoms with Crippen molar-refractivity contribution < 1.29 is 28.7 Å². The molecule has 9 nitrogen and oxygen atoms in total. The lowest BCUT2D eigenvalue weighted by molar-refractivity contribution is -0.140. The molecule has 0 fully saturated rings. The number of benzene rings is 2. The van der Waals surface area contributed by atoms with E-state index in [1.807, 2.05) is 30.3 Å². The van der Waals surface area contributed by atoms with Gasteiger partial charge in [0.15, 0.2) is 0 Å². The van der Waals surface area contributed by atoms with Crippen LogP contribution in [-0.2, 0) is 25.5 Å². The normalized spacial score (nSPS) is 11.1. The number of hydrogen-bond donors (Lipinski definition) is 3. The average molecular weight is 470 g/mol. The monoisotopic (exact) mass is 469 g/mol. The maximum Gasteiger partial charge on any atom is 0.307 e. The van der Waals surface area contributed by atoms with Crippen LogP contribution in [0.4, 0.5) is 0 Å². The Bertz CT molecular complexity index is 947. The highest BCUT2D eigenvalue weighted by molar-refractivity contribution is 5.94. The van der Waals surface area contributed by atoms with Crippen molar-refractivity contribution in [2.75, 3.05) is 27.3 Å². The van der Waals surface area contributed by atoms with Crippen LogP contribution in [0.2, 0.25) is 0 Å². The summed E-state index contributed by atoms with van der Waals surface area (Å²) >= 11 is 0. The van der Waals surface area contributed by atoms with E-state index in [0.717, 1.165) is 5.56 Å². The molecule has 1 atom stereocenters. The maximum absolute atomic E-state index is 12.6. The maximum atomic E-state index is 12.6. The highest BCUT2D eigenvalue weighted by atomic mass is 16.5. The second-order valence-corrected chi connectivity index (χ2v) is 7.51. The lowest BCUT2D eigenvalue weighted by Gasteiger charge is -2.19. The summed E-state index contributed by atoms with van der Waals surface area (Å²) in [6, 6.07) is 15.3. The van der Waals surface area contributed by atoms with E-state index in [9.17, 15) is 19.2 Å². The van der Waals surface area contributed by atoms with Gasteiger partial charge in [0.25, 0.3) is 5.91 Å². The van der Waals surface area contributed by atoms with Crippen molar-refractivity contribution in [1.82, 2.24) is 16.0 Å². The molecule has 2 rings (SSSR count). The fraction of sp³-hybridized carbons (Fsp3) is 0.360. The zero-order chi connectivity index (χ0) is 24.8. The predicted molar refractivity (Wildman–Crippen MR) is 126 cm³/mol. The van der Waals surface area contributed by atoms with Crippen molar-refractivity contribution in [3.05, 3.63) is 65.7 Å². The van der Waals surface area contributed by atoms with Crippen LogP contribution in [0.15, 0.2) is 54.6 Å². The SMILES string of the molecule is COC(=O)CCNC(=O)[C@H](Cc1ccccc1)NC(=O)CCCNC(=O)c1ccc(OC)cc1. The first-order valence-corrected chi connectivity index (χ1v) is 11.0. The van der Waals surface area contributed by atoms with Gasteiger partial charge in [-0.25, -0.2) is 0 Å². The molecule has 3 amide bonds. The number of methoxy groups -OCH3 is 2. The number of nitrogens with one attached hydrogen (secondary N) is 3. The van der Waals surface area contributed by atoms with Crippen LogP contribution >= 0.6 is 0 Å². The Morgan fingerprint density at radius 2 is 1.56 bits per heavy atom. The molecule has 0 aliphatic rings. The fourth-order valence-electron chi connectivity index (χ4n) is 3.13. The lowest BCUT2D eigenvalue weighted by atomic mass is 10.0. The minimum absolute atomic E-state index is 0.0438. The molecule has 2 aromatic carbocycles. The molecule has 0 aliphatic carbocycles. The summed E-state index contributed by atoms with van der Waals surface area (Å²) in [5, 5.41) is 8.19. The standard InChI is InChI=1S/C25H31N3O6/c1-33-20-12-10-19(11-13-20)24(31)26-15-6-9-22(29)28-21(17-18-7-4-3-5-8-18)25(32)27-16-14-23(30)34-2/h3-5,7-8,10-13,21H,6,9,14-17H2,1-2H3,(H,26,31)(H,27,32)(H,28,29)/t21-/m0/s1. The van der Waals surface area contributed by atoms with E-state index in [4.69, 9.17) is 4.74 Å². The van der Waals surface area contributed by atoms with Gasteiger partial charge < -0.3 is 25.4 Å². The minimum atomic E-state index is -0.790. The highest BCUT2D eigenvalue weighted by Crippen LogP contribution is 2.11. The van der Waals surface area contributed by atoms with Crippen molar-refractivity contribution in [3.8, 4) is 5.75 Å². The number of carbonyl (C=O) groups excluding carboxylic acids is 4. The molecule has 0 aliphatic heterocycles. The molecule has 9 heteroatoms. The molecule has 0 saturated heterocycles. The Morgan fingerprint density at radius 3 is 2.21 bits per heavy atom. The number of esters is 1. The summed E-state index contributed by atoms with van der Waals surface area (Å²) < 4.78 is 9.64.